The summed E-state index contributed by atoms with van der Waals surface area (Å²) < 4.78 is 0. The maximum Gasteiger partial charge on any atom is 0.323 e. The third-order valence-electron chi connectivity index (χ3n) is 3.26. The average molecular weight is 251 g/mol. The lowest BCUT2D eigenvalue weighted by Crippen LogP contribution is -2.33. The predicted octanol–water partition coefficient (Wildman–Crippen LogP) is -0.592. The lowest BCUT2D eigenvalue weighted by molar-refractivity contribution is -0.143. The Bertz CT molecular complexity index is 495. The molecule has 1 unspecified atom stereocenters. The first kappa shape index (κ1) is 11.1. The number of hydrogen-bond acceptors (Lipinski definition) is 5. The molecule has 1 saturated carbocycles. The highest BCUT2D eigenvalue weighted by atomic mass is 16.4. The summed E-state index contributed by atoms with van der Waals surface area (Å²) in [6.07, 6.45) is 2.69. The molecule has 1 aromatic heterocycles. The Morgan fingerprint density at radius 2 is 2.17 bits per heavy atom. The minimum Gasteiger partial charge on any atom is -0.480 e. The van der Waals surface area contributed by atoms with Gasteiger partial charge in [-0.2, -0.15) is 4.80 Å². The first-order valence-electron chi connectivity index (χ1n) is 5.95. The van der Waals surface area contributed by atoms with Crippen LogP contribution in [0.5, 0.6) is 0 Å². The average Bonchev–Trinajstić information content (AvgIpc) is 2.96. The molecule has 1 amide bonds. The number of nitrogens with zero attached hydrogens (tertiary/aromatic N) is 5. The number of rotatable bonds is 4. The fraction of sp³-hybridized carbons (Fsp3) is 0.700. The number of amides is 1. The molecule has 0 bridgehead atoms. The van der Waals surface area contributed by atoms with Gasteiger partial charge in [0.05, 0.1) is 0 Å². The van der Waals surface area contributed by atoms with Crippen molar-refractivity contribution < 1.29 is 14.7 Å². The van der Waals surface area contributed by atoms with E-state index in [1.165, 1.54) is 9.70 Å². The van der Waals surface area contributed by atoms with E-state index >= 15 is 0 Å². The molecule has 0 radical (unpaired) electrons. The zero-order valence-electron chi connectivity index (χ0n) is 9.69. The van der Waals surface area contributed by atoms with Crippen molar-refractivity contribution in [2.45, 2.75) is 31.2 Å². The molecular weight excluding hydrogens is 238 g/mol. The van der Waals surface area contributed by atoms with Gasteiger partial charge in [-0.15, -0.1) is 10.2 Å². The molecule has 2 fully saturated rings. The normalized spacial score (nSPS) is 23.7. The van der Waals surface area contributed by atoms with Crippen LogP contribution in [0.3, 0.4) is 0 Å². The van der Waals surface area contributed by atoms with Crippen LogP contribution in [-0.2, 0) is 9.59 Å². The molecule has 8 nitrogen and oxygen atoms in total. The molecule has 2 heterocycles. The van der Waals surface area contributed by atoms with Gasteiger partial charge in [0, 0.05) is 12.5 Å². The Hall–Kier alpha value is -1.99. The number of hydrogen-bond donors (Lipinski definition) is 1. The molecular formula is C10H13N5O3. The van der Waals surface area contributed by atoms with E-state index in [0.717, 1.165) is 12.8 Å². The van der Waals surface area contributed by atoms with Crippen molar-refractivity contribution in [2.75, 3.05) is 13.1 Å². The zero-order chi connectivity index (χ0) is 12.7. The number of carboxylic acids is 1. The summed E-state index contributed by atoms with van der Waals surface area (Å²) in [5, 5.41) is 20.7. The highest BCUT2D eigenvalue weighted by Crippen LogP contribution is 2.37. The zero-order valence-corrected chi connectivity index (χ0v) is 9.69. The molecule has 3 rings (SSSR count). The van der Waals surface area contributed by atoms with E-state index in [2.05, 4.69) is 15.4 Å². The Kier molecular flexibility index (Phi) is 2.49. The van der Waals surface area contributed by atoms with Gasteiger partial charge in [-0.1, -0.05) is 0 Å². The summed E-state index contributed by atoms with van der Waals surface area (Å²) >= 11 is 0. The van der Waals surface area contributed by atoms with Gasteiger partial charge >= 0.3 is 5.97 Å². The summed E-state index contributed by atoms with van der Waals surface area (Å²) in [4.78, 5) is 25.2. The predicted molar refractivity (Wildman–Crippen MR) is 57.7 cm³/mol. The van der Waals surface area contributed by atoms with Gasteiger partial charge in [-0.3, -0.25) is 9.59 Å². The fourth-order valence-corrected chi connectivity index (χ4v) is 2.13. The number of aliphatic carboxylic acids is 1. The van der Waals surface area contributed by atoms with Crippen molar-refractivity contribution in [1.82, 2.24) is 25.1 Å². The minimum absolute atomic E-state index is 0.239. The van der Waals surface area contributed by atoms with Crippen molar-refractivity contribution >= 4 is 11.9 Å². The van der Waals surface area contributed by atoms with Gasteiger partial charge < -0.3 is 10.0 Å². The maximum atomic E-state index is 12.0. The van der Waals surface area contributed by atoms with Crippen LogP contribution in [0.25, 0.3) is 0 Å². The van der Waals surface area contributed by atoms with E-state index in [1.807, 2.05) is 0 Å². The standard InChI is InChI=1S/C10H13N5O3/c16-8(17)5-14-4-3-7(10(14)18)15-12-9(11-13-15)6-1-2-6/h6-7H,1-5H2,(H,16,17). The van der Waals surface area contributed by atoms with E-state index < -0.39 is 12.0 Å². The van der Waals surface area contributed by atoms with E-state index in [4.69, 9.17) is 5.11 Å². The third kappa shape index (κ3) is 1.93. The molecule has 1 saturated heterocycles. The quantitative estimate of drug-likeness (QED) is 0.767. The van der Waals surface area contributed by atoms with Gasteiger partial charge in [0.15, 0.2) is 11.9 Å². The van der Waals surface area contributed by atoms with Crippen LogP contribution in [0.15, 0.2) is 0 Å². The van der Waals surface area contributed by atoms with Crippen LogP contribution in [0.4, 0.5) is 0 Å². The van der Waals surface area contributed by atoms with Crippen molar-refractivity contribution in [1.29, 1.82) is 0 Å². The molecule has 1 atom stereocenters. The molecule has 1 N–H and O–H groups in total. The van der Waals surface area contributed by atoms with E-state index in [1.54, 1.807) is 0 Å². The molecule has 0 spiro atoms. The third-order valence-corrected chi connectivity index (χ3v) is 3.26. The summed E-state index contributed by atoms with van der Waals surface area (Å²) in [6.45, 7) is 0.162. The van der Waals surface area contributed by atoms with Crippen molar-refractivity contribution in [3.63, 3.8) is 0 Å². The second-order valence-electron chi connectivity index (χ2n) is 4.70. The second kappa shape index (κ2) is 4.04. The Balaban J connectivity index is 1.72. The van der Waals surface area contributed by atoms with Crippen molar-refractivity contribution in [3.8, 4) is 0 Å². The van der Waals surface area contributed by atoms with Crippen LogP contribution in [0, 0.1) is 0 Å². The molecule has 2 aliphatic rings. The first-order chi connectivity index (χ1) is 8.65. The van der Waals surface area contributed by atoms with Crippen LogP contribution in [0.1, 0.15) is 37.0 Å². The van der Waals surface area contributed by atoms with Gasteiger partial charge in [-0.05, 0) is 24.5 Å². The Morgan fingerprint density at radius 3 is 2.83 bits per heavy atom. The number of carbonyl (C=O) groups is 2. The van der Waals surface area contributed by atoms with Crippen LogP contribution in [-0.4, -0.2) is 55.2 Å². The fourth-order valence-electron chi connectivity index (χ4n) is 2.13. The van der Waals surface area contributed by atoms with Gasteiger partial charge in [0.25, 0.3) is 0 Å². The van der Waals surface area contributed by atoms with Crippen LogP contribution in [0.2, 0.25) is 0 Å². The highest BCUT2D eigenvalue weighted by Gasteiger charge is 2.37. The minimum atomic E-state index is -1.01. The smallest absolute Gasteiger partial charge is 0.323 e. The summed E-state index contributed by atoms with van der Waals surface area (Å²) in [7, 11) is 0. The number of carboxylic acid groups (broad SMARTS) is 1. The van der Waals surface area contributed by atoms with Crippen molar-refractivity contribution in [3.05, 3.63) is 5.82 Å². The summed E-state index contributed by atoms with van der Waals surface area (Å²) in [5.74, 6) is -0.156. The SMILES string of the molecule is O=C(O)CN1CCC(n2nnc(C3CC3)n2)C1=O. The molecule has 8 heteroatoms. The molecule has 1 aliphatic heterocycles. The van der Waals surface area contributed by atoms with E-state index in [0.29, 0.717) is 24.7 Å². The Morgan fingerprint density at radius 1 is 1.39 bits per heavy atom. The maximum absolute atomic E-state index is 12.0. The molecule has 1 aliphatic carbocycles. The topological polar surface area (TPSA) is 101 Å². The monoisotopic (exact) mass is 251 g/mol. The first-order valence-corrected chi connectivity index (χ1v) is 5.95. The van der Waals surface area contributed by atoms with Crippen LogP contribution < -0.4 is 0 Å². The van der Waals surface area contributed by atoms with Gasteiger partial charge in [-0.25, -0.2) is 0 Å². The van der Waals surface area contributed by atoms with Crippen molar-refractivity contribution in [2.24, 2.45) is 0 Å². The molecule has 18 heavy (non-hydrogen) atoms. The van der Waals surface area contributed by atoms with E-state index in [-0.39, 0.29) is 12.5 Å². The molecule has 96 valence electrons. The molecule has 0 aromatic carbocycles. The summed E-state index contributed by atoms with van der Waals surface area (Å²) in [6, 6.07) is -0.496. The van der Waals surface area contributed by atoms with Crippen LogP contribution >= 0.6 is 0 Å². The highest BCUT2D eigenvalue weighted by molar-refractivity contribution is 5.85. The van der Waals surface area contributed by atoms with E-state index in [9.17, 15) is 9.59 Å². The number of tetrazole rings is 1. The number of likely N-dealkylation sites (tertiary alicyclic amines) is 1. The summed E-state index contributed by atoms with van der Waals surface area (Å²) in [5.41, 5.74) is 0. The molecule has 1 aromatic rings. The van der Waals surface area contributed by atoms with Gasteiger partial charge in [0.1, 0.15) is 6.54 Å². The lowest BCUT2D eigenvalue weighted by atomic mass is 10.3. The second-order valence-corrected chi connectivity index (χ2v) is 4.70. The number of aromatic nitrogens is 4. The lowest BCUT2D eigenvalue weighted by Gasteiger charge is -2.12. The number of carbonyl (C=O) groups excluding carboxylic acids is 1. The Labute approximate surface area is 103 Å². The largest absolute Gasteiger partial charge is 0.480 e. The van der Waals surface area contributed by atoms with Gasteiger partial charge in [0.2, 0.25) is 5.91 Å².